The van der Waals surface area contributed by atoms with E-state index in [9.17, 15) is 9.59 Å². The minimum Gasteiger partial charge on any atom is -0.484 e. The maximum absolute atomic E-state index is 12.2. The van der Waals surface area contributed by atoms with Gasteiger partial charge in [0, 0.05) is 25.2 Å². The smallest absolute Gasteiger partial charge is 0.257 e. The zero-order chi connectivity index (χ0) is 20.5. The molecule has 29 heavy (non-hydrogen) atoms. The van der Waals surface area contributed by atoms with E-state index in [2.05, 4.69) is 34.5 Å². The summed E-state index contributed by atoms with van der Waals surface area (Å²) in [6.07, 6.45) is 3.51. The number of carbonyl (C=O) groups is 2. The van der Waals surface area contributed by atoms with Crippen LogP contribution in [0.1, 0.15) is 35.2 Å². The van der Waals surface area contributed by atoms with Crippen LogP contribution in [0.3, 0.4) is 0 Å². The first-order chi connectivity index (χ1) is 14.1. The molecule has 1 saturated heterocycles. The van der Waals surface area contributed by atoms with E-state index in [-0.39, 0.29) is 12.5 Å². The zero-order valence-electron chi connectivity index (χ0n) is 16.7. The van der Waals surface area contributed by atoms with Crippen molar-refractivity contribution in [2.45, 2.75) is 25.8 Å². The van der Waals surface area contributed by atoms with E-state index >= 15 is 0 Å². The molecule has 0 saturated carbocycles. The topological polar surface area (TPSA) is 84.7 Å². The van der Waals surface area contributed by atoms with Crippen molar-refractivity contribution in [1.29, 1.82) is 0 Å². The van der Waals surface area contributed by atoms with Crippen molar-refractivity contribution in [2.75, 3.05) is 26.2 Å². The van der Waals surface area contributed by atoms with Gasteiger partial charge in [0.05, 0.1) is 0 Å². The highest BCUT2D eigenvalue weighted by Crippen LogP contribution is 2.18. The van der Waals surface area contributed by atoms with Crippen LogP contribution in [0.5, 0.6) is 5.75 Å². The third-order valence-corrected chi connectivity index (χ3v) is 5.20. The van der Waals surface area contributed by atoms with Crippen molar-refractivity contribution in [2.24, 2.45) is 11.7 Å². The summed E-state index contributed by atoms with van der Waals surface area (Å²) in [5.74, 6) is 0.357. The van der Waals surface area contributed by atoms with Gasteiger partial charge >= 0.3 is 0 Å². The Bertz CT molecular complexity index is 793. The van der Waals surface area contributed by atoms with E-state index in [4.69, 9.17) is 10.5 Å². The summed E-state index contributed by atoms with van der Waals surface area (Å²) in [4.78, 5) is 25.7. The number of nitrogens with zero attached hydrogens (tertiary/aromatic N) is 1. The molecule has 6 heteroatoms. The van der Waals surface area contributed by atoms with Gasteiger partial charge in [0.2, 0.25) is 5.91 Å². The van der Waals surface area contributed by atoms with Crippen LogP contribution in [0, 0.1) is 5.92 Å². The lowest BCUT2D eigenvalue weighted by molar-refractivity contribution is -0.123. The Morgan fingerprint density at radius 1 is 1.07 bits per heavy atom. The first-order valence-corrected chi connectivity index (χ1v) is 10.2. The van der Waals surface area contributed by atoms with E-state index in [1.807, 2.05) is 6.07 Å². The highest BCUT2D eigenvalue weighted by atomic mass is 16.5. The molecule has 1 heterocycles. The van der Waals surface area contributed by atoms with Crippen LogP contribution in [0.25, 0.3) is 0 Å². The van der Waals surface area contributed by atoms with Gasteiger partial charge < -0.3 is 15.8 Å². The number of primary amides is 1. The molecule has 1 fully saturated rings. The van der Waals surface area contributed by atoms with Gasteiger partial charge in [-0.25, -0.2) is 0 Å². The van der Waals surface area contributed by atoms with Gasteiger partial charge in [-0.3, -0.25) is 14.5 Å². The summed E-state index contributed by atoms with van der Waals surface area (Å²) < 4.78 is 5.49. The van der Waals surface area contributed by atoms with Crippen LogP contribution >= 0.6 is 0 Å². The van der Waals surface area contributed by atoms with Gasteiger partial charge in [0.15, 0.2) is 6.61 Å². The average Bonchev–Trinajstić information content (AvgIpc) is 2.97. The molecule has 3 rings (SSSR count). The maximum Gasteiger partial charge on any atom is 0.257 e. The molecule has 1 aliphatic heterocycles. The lowest BCUT2D eigenvalue weighted by atomic mass is 10.0. The summed E-state index contributed by atoms with van der Waals surface area (Å²) in [6.45, 7) is 3.66. The van der Waals surface area contributed by atoms with E-state index in [0.717, 1.165) is 26.1 Å². The molecule has 0 spiro atoms. The molecular formula is C23H29N3O3. The van der Waals surface area contributed by atoms with E-state index in [0.29, 0.717) is 23.8 Å². The third kappa shape index (κ3) is 6.91. The van der Waals surface area contributed by atoms with Crippen LogP contribution < -0.4 is 15.8 Å². The molecule has 0 radical (unpaired) electrons. The van der Waals surface area contributed by atoms with Gasteiger partial charge in [-0.15, -0.1) is 0 Å². The molecule has 1 unspecified atom stereocenters. The molecule has 154 valence electrons. The van der Waals surface area contributed by atoms with Crippen molar-refractivity contribution in [1.82, 2.24) is 10.2 Å². The largest absolute Gasteiger partial charge is 0.484 e. The monoisotopic (exact) mass is 395 g/mol. The number of hydrogen-bond donors (Lipinski definition) is 2. The Hall–Kier alpha value is -2.86. The zero-order valence-corrected chi connectivity index (χ0v) is 16.7. The quantitative estimate of drug-likeness (QED) is 0.720. The lowest BCUT2D eigenvalue weighted by Gasteiger charge is -2.24. The van der Waals surface area contributed by atoms with Crippen molar-refractivity contribution < 1.29 is 14.3 Å². The number of carbonyl (C=O) groups excluding carboxylic acids is 2. The van der Waals surface area contributed by atoms with Gasteiger partial charge in [-0.1, -0.05) is 36.8 Å². The summed E-state index contributed by atoms with van der Waals surface area (Å²) >= 11 is 0. The Balaban J connectivity index is 1.41. The fraction of sp³-hybridized carbons (Fsp3) is 0.391. The standard InChI is InChI=1S/C23H29N3O3/c24-23(28)20-9-11-21(12-10-20)29-17-22(27)25-14-19-8-4-5-13-26(16-19)15-18-6-2-1-3-7-18/h1-3,6-7,9-12,19H,4-5,8,13-17H2,(H2,24,28)(H,25,27). The highest BCUT2D eigenvalue weighted by molar-refractivity contribution is 5.92. The Kier molecular flexibility index (Phi) is 7.64. The number of benzene rings is 2. The van der Waals surface area contributed by atoms with Crippen LogP contribution in [0.4, 0.5) is 0 Å². The number of hydrogen-bond acceptors (Lipinski definition) is 4. The number of likely N-dealkylation sites (tertiary alicyclic amines) is 1. The predicted octanol–water partition coefficient (Wildman–Crippen LogP) is 2.58. The second-order valence-corrected chi connectivity index (χ2v) is 7.56. The van der Waals surface area contributed by atoms with Gasteiger partial charge in [-0.2, -0.15) is 0 Å². The highest BCUT2D eigenvalue weighted by Gasteiger charge is 2.19. The van der Waals surface area contributed by atoms with Crippen molar-refractivity contribution in [3.63, 3.8) is 0 Å². The lowest BCUT2D eigenvalue weighted by Crippen LogP contribution is -2.37. The molecule has 2 aromatic rings. The average molecular weight is 396 g/mol. The normalized spacial score (nSPS) is 17.3. The molecule has 3 N–H and O–H groups in total. The Morgan fingerprint density at radius 2 is 1.83 bits per heavy atom. The molecule has 2 aromatic carbocycles. The van der Waals surface area contributed by atoms with Crippen LogP contribution in [0.15, 0.2) is 54.6 Å². The van der Waals surface area contributed by atoms with E-state index in [1.54, 1.807) is 24.3 Å². The summed E-state index contributed by atoms with van der Waals surface area (Å²) in [7, 11) is 0. The molecule has 1 aliphatic rings. The van der Waals surface area contributed by atoms with Gasteiger partial charge in [0.1, 0.15) is 5.75 Å². The Morgan fingerprint density at radius 3 is 2.55 bits per heavy atom. The van der Waals surface area contributed by atoms with Gasteiger partial charge in [0.25, 0.3) is 5.91 Å². The van der Waals surface area contributed by atoms with Crippen LogP contribution in [-0.2, 0) is 11.3 Å². The summed E-state index contributed by atoms with van der Waals surface area (Å²) in [6, 6.07) is 17.0. The summed E-state index contributed by atoms with van der Waals surface area (Å²) in [5, 5.41) is 3.00. The second kappa shape index (κ2) is 10.6. The molecule has 6 nitrogen and oxygen atoms in total. The number of nitrogens with two attached hydrogens (primary N) is 1. The third-order valence-electron chi connectivity index (χ3n) is 5.20. The summed E-state index contributed by atoms with van der Waals surface area (Å²) in [5.41, 5.74) is 6.95. The van der Waals surface area contributed by atoms with E-state index in [1.165, 1.54) is 18.4 Å². The van der Waals surface area contributed by atoms with Crippen molar-refractivity contribution >= 4 is 11.8 Å². The minimum absolute atomic E-state index is 0.0453. The molecule has 1 atom stereocenters. The van der Waals surface area contributed by atoms with Crippen LogP contribution in [-0.4, -0.2) is 43.0 Å². The van der Waals surface area contributed by atoms with Crippen molar-refractivity contribution in [3.05, 3.63) is 65.7 Å². The fourth-order valence-electron chi connectivity index (χ4n) is 3.64. The SMILES string of the molecule is NC(=O)c1ccc(OCC(=O)NCC2CCCCN(Cc3ccccc3)C2)cc1. The maximum atomic E-state index is 12.2. The molecule has 2 amide bonds. The molecule has 0 aliphatic carbocycles. The number of ether oxygens (including phenoxy) is 1. The number of rotatable bonds is 8. The second-order valence-electron chi connectivity index (χ2n) is 7.56. The Labute approximate surface area is 172 Å². The molecule has 0 bridgehead atoms. The first-order valence-electron chi connectivity index (χ1n) is 10.2. The van der Waals surface area contributed by atoms with Gasteiger partial charge in [-0.05, 0) is 55.1 Å². The van der Waals surface area contributed by atoms with Crippen LogP contribution in [0.2, 0.25) is 0 Å². The fourth-order valence-corrected chi connectivity index (χ4v) is 3.64. The molecule has 0 aromatic heterocycles. The minimum atomic E-state index is -0.487. The predicted molar refractivity (Wildman–Crippen MR) is 113 cm³/mol. The first kappa shape index (κ1) is 20.9. The number of nitrogens with one attached hydrogen (secondary N) is 1. The van der Waals surface area contributed by atoms with E-state index < -0.39 is 5.91 Å². The van der Waals surface area contributed by atoms with Crippen molar-refractivity contribution in [3.8, 4) is 5.75 Å². The molecular weight excluding hydrogens is 366 g/mol. The number of amides is 2.